The van der Waals surface area contributed by atoms with Crippen LogP contribution in [0.25, 0.3) is 0 Å². The smallest absolute Gasteiger partial charge is 0.124 e. The molecule has 2 aromatic carbocycles. The molecule has 20 heavy (non-hydrogen) atoms. The third kappa shape index (κ3) is 3.02. The van der Waals surface area contributed by atoms with Crippen molar-refractivity contribution in [2.45, 2.75) is 25.0 Å². The van der Waals surface area contributed by atoms with Gasteiger partial charge < -0.3 is 9.84 Å². The molecule has 1 atom stereocenters. The SMILES string of the molecule is OC(c1ccc(OC2CC2)cc1)c1ccc(F)cc1Br. The van der Waals surface area contributed by atoms with Crippen LogP contribution in [0.2, 0.25) is 0 Å². The number of halogens is 2. The van der Waals surface area contributed by atoms with Gasteiger partial charge in [-0.15, -0.1) is 0 Å². The van der Waals surface area contributed by atoms with Gasteiger partial charge in [0.2, 0.25) is 0 Å². The number of hydrogen-bond acceptors (Lipinski definition) is 2. The van der Waals surface area contributed by atoms with Crippen molar-refractivity contribution in [1.82, 2.24) is 0 Å². The third-order valence-electron chi connectivity index (χ3n) is 3.28. The van der Waals surface area contributed by atoms with Gasteiger partial charge in [0.15, 0.2) is 0 Å². The van der Waals surface area contributed by atoms with Crippen molar-refractivity contribution in [2.24, 2.45) is 0 Å². The first-order valence-electron chi connectivity index (χ1n) is 6.53. The minimum atomic E-state index is -0.792. The number of aliphatic hydroxyl groups is 1. The molecule has 104 valence electrons. The van der Waals surface area contributed by atoms with Crippen molar-refractivity contribution < 1.29 is 14.2 Å². The van der Waals surface area contributed by atoms with E-state index in [1.807, 2.05) is 24.3 Å². The van der Waals surface area contributed by atoms with Gasteiger partial charge in [0.25, 0.3) is 0 Å². The summed E-state index contributed by atoms with van der Waals surface area (Å²) in [6.07, 6.45) is 1.80. The molecule has 4 heteroatoms. The molecule has 0 spiro atoms. The summed E-state index contributed by atoms with van der Waals surface area (Å²) in [5.74, 6) is 0.489. The second-order valence-corrected chi connectivity index (χ2v) is 5.81. The Morgan fingerprint density at radius 2 is 1.85 bits per heavy atom. The van der Waals surface area contributed by atoms with E-state index in [1.54, 1.807) is 6.07 Å². The zero-order chi connectivity index (χ0) is 14.1. The number of rotatable bonds is 4. The van der Waals surface area contributed by atoms with Crippen LogP contribution in [0.15, 0.2) is 46.9 Å². The topological polar surface area (TPSA) is 29.5 Å². The van der Waals surface area contributed by atoms with Crippen LogP contribution >= 0.6 is 15.9 Å². The Kier molecular flexibility index (Phi) is 3.76. The highest BCUT2D eigenvalue weighted by molar-refractivity contribution is 9.10. The number of hydrogen-bond donors (Lipinski definition) is 1. The van der Waals surface area contributed by atoms with Crippen molar-refractivity contribution >= 4 is 15.9 Å². The fourth-order valence-electron chi connectivity index (χ4n) is 2.01. The van der Waals surface area contributed by atoms with Gasteiger partial charge in [0.05, 0.1) is 6.10 Å². The number of ether oxygens (including phenoxy) is 1. The maximum Gasteiger partial charge on any atom is 0.124 e. The van der Waals surface area contributed by atoms with Gasteiger partial charge in [-0.3, -0.25) is 0 Å². The van der Waals surface area contributed by atoms with Gasteiger partial charge in [0, 0.05) is 4.47 Å². The summed E-state index contributed by atoms with van der Waals surface area (Å²) in [6, 6.07) is 11.6. The van der Waals surface area contributed by atoms with E-state index in [4.69, 9.17) is 4.74 Å². The normalized spacial score (nSPS) is 15.9. The van der Waals surface area contributed by atoms with Crippen LogP contribution in [0.1, 0.15) is 30.1 Å². The highest BCUT2D eigenvalue weighted by Gasteiger charge is 2.23. The van der Waals surface area contributed by atoms with E-state index in [9.17, 15) is 9.50 Å². The number of benzene rings is 2. The van der Waals surface area contributed by atoms with Crippen molar-refractivity contribution in [3.63, 3.8) is 0 Å². The van der Waals surface area contributed by atoms with Crippen LogP contribution in [0, 0.1) is 5.82 Å². The lowest BCUT2D eigenvalue weighted by molar-refractivity contribution is 0.219. The van der Waals surface area contributed by atoms with Crippen molar-refractivity contribution in [1.29, 1.82) is 0 Å². The largest absolute Gasteiger partial charge is 0.490 e. The number of aliphatic hydroxyl groups excluding tert-OH is 1. The summed E-state index contributed by atoms with van der Waals surface area (Å²) in [6.45, 7) is 0. The summed E-state index contributed by atoms with van der Waals surface area (Å²) < 4.78 is 19.3. The van der Waals surface area contributed by atoms with Gasteiger partial charge in [0.1, 0.15) is 17.7 Å². The van der Waals surface area contributed by atoms with Crippen LogP contribution in [0.4, 0.5) is 4.39 Å². The molecule has 1 aliphatic carbocycles. The van der Waals surface area contributed by atoms with Crippen LogP contribution in [-0.2, 0) is 0 Å². The third-order valence-corrected chi connectivity index (χ3v) is 3.97. The molecular weight excluding hydrogens is 323 g/mol. The molecule has 0 aromatic heterocycles. The lowest BCUT2D eigenvalue weighted by Gasteiger charge is -2.14. The van der Waals surface area contributed by atoms with E-state index in [2.05, 4.69) is 15.9 Å². The van der Waals surface area contributed by atoms with Crippen LogP contribution in [-0.4, -0.2) is 11.2 Å². The molecule has 2 nitrogen and oxygen atoms in total. The maximum atomic E-state index is 13.1. The van der Waals surface area contributed by atoms with Gasteiger partial charge in [-0.1, -0.05) is 34.1 Å². The Morgan fingerprint density at radius 3 is 2.45 bits per heavy atom. The van der Waals surface area contributed by atoms with Crippen molar-refractivity contribution in [3.8, 4) is 5.75 Å². The second kappa shape index (κ2) is 5.54. The first kappa shape index (κ1) is 13.6. The molecule has 1 fully saturated rings. The molecule has 0 bridgehead atoms. The molecule has 1 unspecified atom stereocenters. The molecule has 0 saturated heterocycles. The fourth-order valence-corrected chi connectivity index (χ4v) is 2.58. The predicted octanol–water partition coefficient (Wildman–Crippen LogP) is 4.21. The van der Waals surface area contributed by atoms with E-state index in [0.717, 1.165) is 24.2 Å². The Bertz CT molecular complexity index is 608. The first-order valence-corrected chi connectivity index (χ1v) is 7.32. The first-order chi connectivity index (χ1) is 9.63. The fraction of sp³-hybridized carbons (Fsp3) is 0.250. The van der Waals surface area contributed by atoms with E-state index in [-0.39, 0.29) is 5.82 Å². The van der Waals surface area contributed by atoms with Crippen LogP contribution < -0.4 is 4.74 Å². The Balaban J connectivity index is 1.80. The van der Waals surface area contributed by atoms with Crippen molar-refractivity contribution in [3.05, 3.63) is 63.9 Å². The molecule has 0 radical (unpaired) electrons. The molecule has 1 aliphatic rings. The average molecular weight is 337 g/mol. The van der Waals surface area contributed by atoms with Gasteiger partial charge in [-0.2, -0.15) is 0 Å². The Labute approximate surface area is 125 Å². The summed E-state index contributed by atoms with van der Waals surface area (Å²) in [5.41, 5.74) is 1.39. The lowest BCUT2D eigenvalue weighted by Crippen LogP contribution is -2.02. The monoisotopic (exact) mass is 336 g/mol. The molecule has 3 rings (SSSR count). The van der Waals surface area contributed by atoms with Gasteiger partial charge in [-0.25, -0.2) is 4.39 Å². The van der Waals surface area contributed by atoms with E-state index in [1.165, 1.54) is 12.1 Å². The second-order valence-electron chi connectivity index (χ2n) is 4.95. The predicted molar refractivity (Wildman–Crippen MR) is 78.3 cm³/mol. The van der Waals surface area contributed by atoms with Crippen LogP contribution in [0.3, 0.4) is 0 Å². The zero-order valence-electron chi connectivity index (χ0n) is 10.7. The molecule has 0 aliphatic heterocycles. The maximum absolute atomic E-state index is 13.1. The minimum Gasteiger partial charge on any atom is -0.490 e. The average Bonchev–Trinajstić information content (AvgIpc) is 3.23. The standard InChI is InChI=1S/C16H14BrFO2/c17-15-9-11(18)3-8-14(15)16(19)10-1-4-12(5-2-10)20-13-6-7-13/h1-5,8-9,13,16,19H,6-7H2. The Morgan fingerprint density at radius 1 is 1.15 bits per heavy atom. The van der Waals surface area contributed by atoms with Crippen molar-refractivity contribution in [2.75, 3.05) is 0 Å². The van der Waals surface area contributed by atoms with Gasteiger partial charge in [-0.05, 0) is 48.2 Å². The molecular formula is C16H14BrFO2. The zero-order valence-corrected chi connectivity index (χ0v) is 12.3. The molecule has 0 amide bonds. The lowest BCUT2D eigenvalue weighted by atomic mass is 10.0. The summed E-state index contributed by atoms with van der Waals surface area (Å²) in [7, 11) is 0. The van der Waals surface area contributed by atoms with Gasteiger partial charge >= 0.3 is 0 Å². The highest BCUT2D eigenvalue weighted by atomic mass is 79.9. The summed E-state index contributed by atoms with van der Waals surface area (Å²) in [5, 5.41) is 10.4. The minimum absolute atomic E-state index is 0.332. The molecule has 2 aromatic rings. The molecule has 1 saturated carbocycles. The quantitative estimate of drug-likeness (QED) is 0.906. The molecule has 1 N–H and O–H groups in total. The molecule has 0 heterocycles. The summed E-state index contributed by atoms with van der Waals surface area (Å²) >= 11 is 3.28. The van der Waals surface area contributed by atoms with E-state index in [0.29, 0.717) is 16.1 Å². The van der Waals surface area contributed by atoms with E-state index < -0.39 is 6.10 Å². The highest BCUT2D eigenvalue weighted by Crippen LogP contribution is 2.31. The van der Waals surface area contributed by atoms with Crippen LogP contribution in [0.5, 0.6) is 5.75 Å². The summed E-state index contributed by atoms with van der Waals surface area (Å²) in [4.78, 5) is 0. The Hall–Kier alpha value is -1.39. The van der Waals surface area contributed by atoms with E-state index >= 15 is 0 Å².